The number of hydrogen-bond acceptors (Lipinski definition) is 6. The number of benzene rings is 2. The molecule has 1 fully saturated rings. The van der Waals surface area contributed by atoms with Crippen LogP contribution in [-0.2, 0) is 17.9 Å². The number of carbonyl (C=O) groups excluding carboxylic acids is 1. The average Bonchev–Trinajstić information content (AvgIpc) is 3.25. The fourth-order valence-electron chi connectivity index (χ4n) is 3.96. The average molecular weight is 483 g/mol. The Morgan fingerprint density at radius 1 is 1.03 bits per heavy atom. The zero-order valence-electron chi connectivity index (χ0n) is 19.7. The van der Waals surface area contributed by atoms with Crippen LogP contribution in [0.2, 0.25) is 0 Å². The van der Waals surface area contributed by atoms with E-state index in [-0.39, 0.29) is 17.5 Å². The van der Waals surface area contributed by atoms with Gasteiger partial charge in [-0.1, -0.05) is 30.3 Å². The van der Waals surface area contributed by atoms with Gasteiger partial charge in [0.25, 0.3) is 0 Å². The minimum absolute atomic E-state index is 0.0760. The van der Waals surface area contributed by atoms with Gasteiger partial charge >= 0.3 is 0 Å². The van der Waals surface area contributed by atoms with E-state index in [1.165, 1.54) is 43.2 Å². The summed E-state index contributed by atoms with van der Waals surface area (Å²) in [4.78, 5) is 16.9. The van der Waals surface area contributed by atoms with Crippen molar-refractivity contribution in [1.29, 1.82) is 0 Å². The third-order valence-corrected chi connectivity index (χ3v) is 6.80. The lowest BCUT2D eigenvalue weighted by atomic mass is 10.1. The maximum absolute atomic E-state index is 13.5. The molecule has 2 heterocycles. The Morgan fingerprint density at radius 3 is 2.41 bits per heavy atom. The molecule has 7 nitrogen and oxygen atoms in total. The van der Waals surface area contributed by atoms with Crippen LogP contribution in [0.5, 0.6) is 0 Å². The number of nitrogens with one attached hydrogen (secondary N) is 1. The Kier molecular flexibility index (Phi) is 8.18. The highest BCUT2D eigenvalue weighted by molar-refractivity contribution is 7.99. The number of nitrogens with zero attached hydrogens (tertiary/aromatic N) is 5. The molecule has 1 N–H and O–H groups in total. The number of aromatic nitrogens is 3. The van der Waals surface area contributed by atoms with Gasteiger partial charge in [-0.2, -0.15) is 0 Å². The summed E-state index contributed by atoms with van der Waals surface area (Å²) in [5.74, 6) is 0.658. The van der Waals surface area contributed by atoms with Crippen molar-refractivity contribution in [3.8, 4) is 5.69 Å². The molecule has 0 bridgehead atoms. The van der Waals surface area contributed by atoms with Crippen LogP contribution in [0.3, 0.4) is 0 Å². The molecular weight excluding hydrogens is 451 g/mol. The molecule has 0 radical (unpaired) electrons. The fourth-order valence-corrected chi connectivity index (χ4v) is 4.76. The molecule has 0 atom stereocenters. The van der Waals surface area contributed by atoms with Crippen molar-refractivity contribution >= 4 is 23.4 Å². The first-order valence-corrected chi connectivity index (χ1v) is 12.6. The summed E-state index contributed by atoms with van der Waals surface area (Å²) in [5.41, 5.74) is 2.95. The number of rotatable bonds is 9. The first-order chi connectivity index (χ1) is 16.5. The predicted molar refractivity (Wildman–Crippen MR) is 134 cm³/mol. The van der Waals surface area contributed by atoms with Crippen LogP contribution in [0, 0.1) is 5.82 Å². The fraction of sp³-hybridized carbons (Fsp3) is 0.400. The van der Waals surface area contributed by atoms with Crippen LogP contribution in [0.25, 0.3) is 5.69 Å². The van der Waals surface area contributed by atoms with E-state index in [0.717, 1.165) is 35.9 Å². The smallest absolute Gasteiger partial charge is 0.230 e. The molecule has 1 aliphatic heterocycles. The van der Waals surface area contributed by atoms with Crippen molar-refractivity contribution in [2.24, 2.45) is 0 Å². The number of thioether (sulfide) groups is 1. The Labute approximate surface area is 204 Å². The van der Waals surface area contributed by atoms with E-state index in [2.05, 4.69) is 20.4 Å². The topological polar surface area (TPSA) is 66.3 Å². The molecule has 180 valence electrons. The second-order valence-electron chi connectivity index (χ2n) is 8.67. The second kappa shape index (κ2) is 11.5. The maximum atomic E-state index is 13.5. The summed E-state index contributed by atoms with van der Waals surface area (Å²) >= 11 is 1.34. The summed E-state index contributed by atoms with van der Waals surface area (Å²) < 4.78 is 15.5. The molecule has 0 unspecified atom stereocenters. The number of piperidine rings is 1. The van der Waals surface area contributed by atoms with E-state index in [1.54, 1.807) is 12.1 Å². The van der Waals surface area contributed by atoms with Gasteiger partial charge in [0.15, 0.2) is 11.0 Å². The molecule has 3 aromatic rings. The molecular formula is C25H31FN6OS. The van der Waals surface area contributed by atoms with Crippen LogP contribution < -0.4 is 10.2 Å². The van der Waals surface area contributed by atoms with Crippen molar-refractivity contribution in [2.75, 3.05) is 37.8 Å². The number of halogens is 1. The van der Waals surface area contributed by atoms with Crippen LogP contribution in [-0.4, -0.2) is 58.5 Å². The Bertz CT molecular complexity index is 1080. The summed E-state index contributed by atoms with van der Waals surface area (Å²) in [6.07, 6.45) is 3.63. The van der Waals surface area contributed by atoms with Gasteiger partial charge in [-0.05, 0) is 67.9 Å². The molecule has 1 aliphatic rings. The lowest BCUT2D eigenvalue weighted by Crippen LogP contribution is -2.30. The number of anilines is 1. The van der Waals surface area contributed by atoms with E-state index in [0.29, 0.717) is 18.2 Å². The van der Waals surface area contributed by atoms with Crippen molar-refractivity contribution < 1.29 is 9.18 Å². The van der Waals surface area contributed by atoms with Crippen molar-refractivity contribution in [2.45, 2.75) is 37.5 Å². The monoisotopic (exact) mass is 482 g/mol. The molecule has 34 heavy (non-hydrogen) atoms. The molecule has 0 spiro atoms. The Morgan fingerprint density at radius 2 is 1.74 bits per heavy atom. The number of hydrogen-bond donors (Lipinski definition) is 1. The molecule has 1 saturated heterocycles. The summed E-state index contributed by atoms with van der Waals surface area (Å²) in [5, 5.41) is 12.4. The Hall–Kier alpha value is -2.91. The van der Waals surface area contributed by atoms with Gasteiger partial charge in [-0.3, -0.25) is 14.3 Å². The van der Waals surface area contributed by atoms with Gasteiger partial charge in [0, 0.05) is 32.0 Å². The van der Waals surface area contributed by atoms with Crippen LogP contribution >= 0.6 is 11.8 Å². The third kappa shape index (κ3) is 6.36. The highest BCUT2D eigenvalue weighted by Gasteiger charge is 2.19. The predicted octanol–water partition coefficient (Wildman–Crippen LogP) is 3.87. The number of amides is 1. The third-order valence-electron chi connectivity index (χ3n) is 5.87. The minimum Gasteiger partial charge on any atom is -0.378 e. The van der Waals surface area contributed by atoms with Crippen LogP contribution in [0.1, 0.15) is 30.7 Å². The first kappa shape index (κ1) is 24.2. The minimum atomic E-state index is -0.290. The van der Waals surface area contributed by atoms with E-state index in [4.69, 9.17) is 0 Å². The van der Waals surface area contributed by atoms with E-state index in [9.17, 15) is 9.18 Å². The molecule has 1 aromatic heterocycles. The van der Waals surface area contributed by atoms with E-state index in [1.807, 2.05) is 47.8 Å². The van der Waals surface area contributed by atoms with E-state index >= 15 is 0 Å². The maximum Gasteiger partial charge on any atom is 0.230 e. The van der Waals surface area contributed by atoms with Gasteiger partial charge < -0.3 is 10.2 Å². The zero-order chi connectivity index (χ0) is 23.9. The largest absolute Gasteiger partial charge is 0.378 e. The number of carbonyl (C=O) groups is 1. The van der Waals surface area contributed by atoms with E-state index < -0.39 is 0 Å². The van der Waals surface area contributed by atoms with Crippen molar-refractivity contribution in [3.63, 3.8) is 0 Å². The highest BCUT2D eigenvalue weighted by atomic mass is 32.2. The summed E-state index contributed by atoms with van der Waals surface area (Å²) in [6, 6.07) is 14.4. The zero-order valence-corrected chi connectivity index (χ0v) is 20.5. The van der Waals surface area contributed by atoms with Gasteiger partial charge in [0.2, 0.25) is 5.91 Å². The van der Waals surface area contributed by atoms with Crippen molar-refractivity contribution in [3.05, 3.63) is 65.7 Å². The SMILES string of the molecule is CN(C)c1ccc(CNC(=O)CSc2nnc(CN3CCCCC3)n2-c2ccc(F)cc2)cc1. The summed E-state index contributed by atoms with van der Waals surface area (Å²) in [7, 11) is 3.99. The van der Waals surface area contributed by atoms with Gasteiger partial charge in [0.1, 0.15) is 5.82 Å². The molecule has 0 aliphatic carbocycles. The normalized spacial score (nSPS) is 14.2. The lowest BCUT2D eigenvalue weighted by molar-refractivity contribution is -0.118. The summed E-state index contributed by atoms with van der Waals surface area (Å²) in [6.45, 7) is 3.23. The second-order valence-corrected chi connectivity index (χ2v) is 9.62. The molecule has 1 amide bonds. The quantitative estimate of drug-likeness (QED) is 0.467. The highest BCUT2D eigenvalue weighted by Crippen LogP contribution is 2.24. The molecule has 4 rings (SSSR count). The lowest BCUT2D eigenvalue weighted by Gasteiger charge is -2.26. The van der Waals surface area contributed by atoms with Gasteiger partial charge in [0.05, 0.1) is 12.3 Å². The van der Waals surface area contributed by atoms with Gasteiger partial charge in [-0.15, -0.1) is 10.2 Å². The molecule has 9 heteroatoms. The Balaban J connectivity index is 1.41. The standard InChI is InChI=1S/C25H31FN6OS/c1-30(2)21-10-6-19(7-11-21)16-27-24(33)18-34-25-29-28-23(17-31-14-4-3-5-15-31)32(25)22-12-8-20(26)9-13-22/h6-13H,3-5,14-18H2,1-2H3,(H,27,33). The van der Waals surface area contributed by atoms with Gasteiger partial charge in [-0.25, -0.2) is 4.39 Å². The first-order valence-electron chi connectivity index (χ1n) is 11.6. The van der Waals surface area contributed by atoms with Crippen LogP contribution in [0.4, 0.5) is 10.1 Å². The van der Waals surface area contributed by atoms with Crippen molar-refractivity contribution in [1.82, 2.24) is 25.0 Å². The molecule has 0 saturated carbocycles. The van der Waals surface area contributed by atoms with Crippen LogP contribution in [0.15, 0.2) is 53.7 Å². The molecule has 2 aromatic carbocycles. The number of likely N-dealkylation sites (tertiary alicyclic amines) is 1.